The van der Waals surface area contributed by atoms with Gasteiger partial charge in [-0.25, -0.2) is 4.98 Å². The van der Waals surface area contributed by atoms with Crippen molar-refractivity contribution in [3.05, 3.63) is 45.2 Å². The molecule has 2 aromatic heterocycles. The summed E-state index contributed by atoms with van der Waals surface area (Å²) < 4.78 is 7.11. The third-order valence-electron chi connectivity index (χ3n) is 5.75. The van der Waals surface area contributed by atoms with Crippen molar-refractivity contribution >= 4 is 51.7 Å². The first-order valence-electron chi connectivity index (χ1n) is 10.8. The van der Waals surface area contributed by atoms with Crippen molar-refractivity contribution in [2.75, 3.05) is 57.9 Å². The maximum atomic E-state index is 13.4. The van der Waals surface area contributed by atoms with Gasteiger partial charge in [-0.1, -0.05) is 37.0 Å². The van der Waals surface area contributed by atoms with E-state index in [4.69, 9.17) is 21.9 Å². The lowest BCUT2D eigenvalue weighted by Crippen LogP contribution is -2.47. The topological polar surface area (TPSA) is 70.4 Å². The van der Waals surface area contributed by atoms with Gasteiger partial charge in [0.05, 0.1) is 10.5 Å². The summed E-state index contributed by atoms with van der Waals surface area (Å²) in [5.74, 6) is 0.456. The van der Waals surface area contributed by atoms with E-state index in [1.807, 2.05) is 12.1 Å². The number of pyridine rings is 1. The van der Waals surface area contributed by atoms with Gasteiger partial charge in [-0.05, 0) is 31.2 Å². The van der Waals surface area contributed by atoms with Crippen LogP contribution in [0.3, 0.4) is 0 Å². The minimum absolute atomic E-state index is 0.171. The van der Waals surface area contributed by atoms with Crippen LogP contribution in [0.15, 0.2) is 34.1 Å². The molecule has 4 heterocycles. The number of rotatable bonds is 7. The molecule has 0 spiro atoms. The van der Waals surface area contributed by atoms with Gasteiger partial charge in [0.2, 0.25) is 0 Å². The van der Waals surface area contributed by atoms with Gasteiger partial charge < -0.3 is 14.5 Å². The van der Waals surface area contributed by atoms with Crippen LogP contribution in [0.5, 0.6) is 0 Å². The fraction of sp³-hybridized carbons (Fsp3) is 0.455. The van der Waals surface area contributed by atoms with E-state index >= 15 is 0 Å². The van der Waals surface area contributed by atoms with Gasteiger partial charge in [-0.3, -0.25) is 18.9 Å². The lowest BCUT2D eigenvalue weighted by atomic mass is 10.2. The van der Waals surface area contributed by atoms with Crippen LogP contribution in [0.2, 0.25) is 0 Å². The van der Waals surface area contributed by atoms with Crippen LogP contribution in [0.25, 0.3) is 11.7 Å². The Balaban J connectivity index is 1.73. The molecule has 8 nitrogen and oxygen atoms in total. The number of thioether (sulfide) groups is 1. The molecular formula is C22H27N5O3S2. The van der Waals surface area contributed by atoms with Crippen LogP contribution in [0.4, 0.5) is 5.82 Å². The number of aromatic nitrogens is 2. The molecule has 2 aliphatic heterocycles. The average Bonchev–Trinajstić information content (AvgIpc) is 3.08. The second-order valence-corrected chi connectivity index (χ2v) is 9.36. The third kappa shape index (κ3) is 4.59. The number of thiocarbonyl (C=S) groups is 1. The second-order valence-electron chi connectivity index (χ2n) is 7.68. The molecule has 0 aromatic carbocycles. The lowest BCUT2D eigenvalue weighted by molar-refractivity contribution is -0.122. The molecule has 2 aliphatic rings. The first-order valence-corrected chi connectivity index (χ1v) is 12.0. The Morgan fingerprint density at radius 2 is 2.00 bits per heavy atom. The summed E-state index contributed by atoms with van der Waals surface area (Å²) in [6, 6.07) is 5.49. The normalized spacial score (nSPS) is 19.0. The third-order valence-corrected chi connectivity index (χ3v) is 7.12. The molecule has 0 N–H and O–H groups in total. The number of amides is 1. The maximum absolute atomic E-state index is 13.4. The number of carbonyl (C=O) groups excluding carboxylic acids is 1. The summed E-state index contributed by atoms with van der Waals surface area (Å²) in [7, 11) is 1.63. The van der Waals surface area contributed by atoms with Gasteiger partial charge in [-0.15, -0.1) is 0 Å². The largest absolute Gasteiger partial charge is 0.385 e. The molecule has 0 radical (unpaired) electrons. The molecule has 4 rings (SSSR count). The fourth-order valence-electron chi connectivity index (χ4n) is 3.93. The number of piperazine rings is 1. The first kappa shape index (κ1) is 22.9. The van der Waals surface area contributed by atoms with E-state index in [1.54, 1.807) is 30.3 Å². The van der Waals surface area contributed by atoms with Gasteiger partial charge in [0, 0.05) is 52.6 Å². The van der Waals surface area contributed by atoms with Gasteiger partial charge in [0.15, 0.2) is 0 Å². The fourth-order valence-corrected chi connectivity index (χ4v) is 5.22. The van der Waals surface area contributed by atoms with Crippen LogP contribution in [-0.2, 0) is 9.53 Å². The molecule has 10 heteroatoms. The highest BCUT2D eigenvalue weighted by atomic mass is 32.2. The molecule has 2 fully saturated rings. The lowest BCUT2D eigenvalue weighted by Gasteiger charge is -2.35. The number of ether oxygens (including phenoxy) is 1. The monoisotopic (exact) mass is 473 g/mol. The molecule has 170 valence electrons. The quantitative estimate of drug-likeness (QED) is 0.344. The summed E-state index contributed by atoms with van der Waals surface area (Å²) in [6.45, 7) is 7.58. The molecule has 0 unspecified atom stereocenters. The van der Waals surface area contributed by atoms with Gasteiger partial charge in [0.25, 0.3) is 11.5 Å². The number of methoxy groups -OCH3 is 1. The number of carbonyl (C=O) groups is 1. The number of anilines is 1. The summed E-state index contributed by atoms with van der Waals surface area (Å²) >= 11 is 6.66. The standard InChI is InChI=1S/C22H27N5O3S2/c1-3-24-10-12-25(13-11-24)19-16(20(28)26-8-5-4-7-18(26)23-19)15-17-21(29)27(22(31)32-17)9-6-14-30-2/h4-5,7-8,15H,3,6,9-14H2,1-2H3. The maximum Gasteiger partial charge on any atom is 0.267 e. The Morgan fingerprint density at radius 3 is 2.72 bits per heavy atom. The Labute approximate surface area is 196 Å². The van der Waals surface area contributed by atoms with E-state index in [1.165, 1.54) is 16.2 Å². The highest BCUT2D eigenvalue weighted by Crippen LogP contribution is 2.33. The predicted octanol–water partition coefficient (Wildman–Crippen LogP) is 2.07. The minimum atomic E-state index is -0.187. The summed E-state index contributed by atoms with van der Waals surface area (Å²) in [6.07, 6.45) is 4.08. The predicted molar refractivity (Wildman–Crippen MR) is 132 cm³/mol. The SMILES string of the molecule is CCN1CCN(c2nc3ccccn3c(=O)c2C=C2SC(=S)N(CCCOC)C2=O)CC1. The Bertz CT molecular complexity index is 1110. The molecule has 32 heavy (non-hydrogen) atoms. The number of fused-ring (bicyclic) bond motifs is 1. The van der Waals surface area contributed by atoms with Crippen LogP contribution in [0.1, 0.15) is 18.9 Å². The number of hydrogen-bond acceptors (Lipinski definition) is 8. The van der Waals surface area contributed by atoms with E-state index in [2.05, 4.69) is 16.7 Å². The summed E-state index contributed by atoms with van der Waals surface area (Å²) in [5.41, 5.74) is 0.832. The number of likely N-dealkylation sites (N-methyl/N-ethyl adjacent to an activating group) is 1. The van der Waals surface area contributed by atoms with Crippen molar-refractivity contribution in [2.45, 2.75) is 13.3 Å². The van der Waals surface area contributed by atoms with Crippen LogP contribution < -0.4 is 10.5 Å². The summed E-state index contributed by atoms with van der Waals surface area (Å²) in [4.78, 5) is 37.8. The minimum Gasteiger partial charge on any atom is -0.385 e. The number of hydrogen-bond donors (Lipinski definition) is 0. The van der Waals surface area contributed by atoms with Gasteiger partial charge in [0.1, 0.15) is 15.8 Å². The van der Waals surface area contributed by atoms with Crippen molar-refractivity contribution in [1.29, 1.82) is 0 Å². The average molecular weight is 474 g/mol. The van der Waals surface area contributed by atoms with Crippen LogP contribution in [-0.4, -0.2) is 82.4 Å². The van der Waals surface area contributed by atoms with Gasteiger partial charge >= 0.3 is 0 Å². The highest BCUT2D eigenvalue weighted by Gasteiger charge is 2.32. The van der Waals surface area contributed by atoms with E-state index in [9.17, 15) is 9.59 Å². The van der Waals surface area contributed by atoms with Crippen molar-refractivity contribution in [2.24, 2.45) is 0 Å². The molecule has 2 saturated heterocycles. The highest BCUT2D eigenvalue weighted by molar-refractivity contribution is 8.26. The smallest absolute Gasteiger partial charge is 0.267 e. The van der Waals surface area contributed by atoms with Gasteiger partial charge in [-0.2, -0.15) is 0 Å². The first-order chi connectivity index (χ1) is 15.5. The number of nitrogens with zero attached hydrogens (tertiary/aromatic N) is 5. The molecule has 0 atom stereocenters. The Morgan fingerprint density at radius 1 is 1.22 bits per heavy atom. The van der Waals surface area contributed by atoms with E-state index in [0.29, 0.717) is 45.8 Å². The Kier molecular flexibility index (Phi) is 7.24. The molecule has 1 amide bonds. The molecule has 0 bridgehead atoms. The van der Waals surface area contributed by atoms with Crippen molar-refractivity contribution in [3.8, 4) is 0 Å². The second kappa shape index (κ2) is 10.1. The van der Waals surface area contributed by atoms with E-state index in [-0.39, 0.29) is 11.5 Å². The zero-order valence-electron chi connectivity index (χ0n) is 18.3. The zero-order chi connectivity index (χ0) is 22.7. The molecular weight excluding hydrogens is 446 g/mol. The van der Waals surface area contributed by atoms with Crippen LogP contribution in [0, 0.1) is 0 Å². The zero-order valence-corrected chi connectivity index (χ0v) is 20.0. The molecule has 2 aromatic rings. The van der Waals surface area contributed by atoms with E-state index in [0.717, 1.165) is 32.7 Å². The van der Waals surface area contributed by atoms with E-state index < -0.39 is 0 Å². The molecule has 0 aliphatic carbocycles. The summed E-state index contributed by atoms with van der Waals surface area (Å²) in [5, 5.41) is 0. The van der Waals surface area contributed by atoms with Crippen molar-refractivity contribution in [1.82, 2.24) is 19.2 Å². The Hall–Kier alpha value is -2.27. The van der Waals surface area contributed by atoms with Crippen LogP contribution >= 0.6 is 24.0 Å². The van der Waals surface area contributed by atoms with Crippen molar-refractivity contribution in [3.63, 3.8) is 0 Å². The molecule has 0 saturated carbocycles. The van der Waals surface area contributed by atoms with Crippen molar-refractivity contribution < 1.29 is 9.53 Å².